The van der Waals surface area contributed by atoms with Gasteiger partial charge in [-0.1, -0.05) is 6.92 Å². The normalized spacial score (nSPS) is 11.6. The molecule has 2 aromatic rings. The summed E-state index contributed by atoms with van der Waals surface area (Å²) in [7, 11) is 1.25. The number of nitrogens with one attached hydrogen (secondary N) is 2. The summed E-state index contributed by atoms with van der Waals surface area (Å²) in [5, 5.41) is 2.57. The largest absolute Gasteiger partial charge is 0.493 e. The number of aromatic nitrogens is 2. The van der Waals surface area contributed by atoms with Gasteiger partial charge in [0.15, 0.2) is 0 Å². The van der Waals surface area contributed by atoms with E-state index in [-0.39, 0.29) is 5.56 Å². The van der Waals surface area contributed by atoms with Crippen LogP contribution in [0.15, 0.2) is 23.0 Å². The quantitative estimate of drug-likeness (QED) is 0.704. The molecule has 1 heterocycles. The molecular formula is C20H25N3O5. The first-order valence-electron chi connectivity index (χ1n) is 9.01. The molecule has 0 aliphatic rings. The molecule has 0 bridgehead atoms. The van der Waals surface area contributed by atoms with Gasteiger partial charge in [-0.25, -0.2) is 9.78 Å². The Kier molecular flexibility index (Phi) is 6.92. The molecule has 0 spiro atoms. The van der Waals surface area contributed by atoms with Crippen molar-refractivity contribution in [3.05, 3.63) is 45.4 Å². The van der Waals surface area contributed by atoms with E-state index in [0.717, 1.165) is 6.42 Å². The summed E-state index contributed by atoms with van der Waals surface area (Å²) < 4.78 is 10.4. The number of methoxy groups -OCH3 is 1. The van der Waals surface area contributed by atoms with Crippen LogP contribution in [0.4, 0.5) is 0 Å². The SMILES string of the molecule is CCCOc1ccc(C(=O)NC(C)C(=O)OC)cc1-c1nc(C)c(C)c(=O)[nH]1. The number of carbonyl (C=O) groups excluding carboxylic acids is 2. The molecule has 1 aromatic heterocycles. The Morgan fingerprint density at radius 3 is 2.61 bits per heavy atom. The summed E-state index contributed by atoms with van der Waals surface area (Å²) in [6.45, 7) is 7.43. The molecule has 0 aliphatic heterocycles. The number of aryl methyl sites for hydroxylation is 1. The van der Waals surface area contributed by atoms with Gasteiger partial charge in [-0.2, -0.15) is 0 Å². The lowest BCUT2D eigenvalue weighted by atomic mass is 10.1. The molecule has 0 saturated carbocycles. The number of benzene rings is 1. The maximum atomic E-state index is 12.5. The molecule has 8 heteroatoms. The van der Waals surface area contributed by atoms with Crippen LogP contribution in [-0.2, 0) is 9.53 Å². The molecule has 2 rings (SSSR count). The zero-order valence-electron chi connectivity index (χ0n) is 16.7. The fourth-order valence-electron chi connectivity index (χ4n) is 2.48. The van der Waals surface area contributed by atoms with Crippen LogP contribution in [0.2, 0.25) is 0 Å². The molecule has 1 aromatic carbocycles. The third-order valence-corrected chi connectivity index (χ3v) is 4.26. The maximum absolute atomic E-state index is 12.5. The molecule has 1 amide bonds. The number of H-pyrrole nitrogens is 1. The van der Waals surface area contributed by atoms with E-state index in [4.69, 9.17) is 4.74 Å². The summed E-state index contributed by atoms with van der Waals surface area (Å²) in [4.78, 5) is 43.4. The first kappa shape index (κ1) is 21.1. The van der Waals surface area contributed by atoms with Gasteiger partial charge in [-0.3, -0.25) is 9.59 Å². The molecule has 0 radical (unpaired) electrons. The Hall–Kier alpha value is -3.16. The Morgan fingerprint density at radius 1 is 1.29 bits per heavy atom. The van der Waals surface area contributed by atoms with Crippen LogP contribution in [0.25, 0.3) is 11.4 Å². The van der Waals surface area contributed by atoms with Crippen molar-refractivity contribution in [2.75, 3.05) is 13.7 Å². The highest BCUT2D eigenvalue weighted by molar-refractivity contribution is 5.98. The number of ether oxygens (including phenoxy) is 2. The van der Waals surface area contributed by atoms with E-state index in [9.17, 15) is 14.4 Å². The van der Waals surface area contributed by atoms with Crippen molar-refractivity contribution in [1.82, 2.24) is 15.3 Å². The predicted molar refractivity (Wildman–Crippen MR) is 104 cm³/mol. The lowest BCUT2D eigenvalue weighted by Crippen LogP contribution is -2.39. The fourth-order valence-corrected chi connectivity index (χ4v) is 2.48. The monoisotopic (exact) mass is 387 g/mol. The van der Waals surface area contributed by atoms with Crippen molar-refractivity contribution < 1.29 is 19.1 Å². The van der Waals surface area contributed by atoms with E-state index in [0.29, 0.717) is 40.6 Å². The van der Waals surface area contributed by atoms with Gasteiger partial charge in [-0.05, 0) is 45.4 Å². The van der Waals surface area contributed by atoms with E-state index in [1.807, 2.05) is 6.92 Å². The number of hydrogen-bond acceptors (Lipinski definition) is 6. The standard InChI is InChI=1S/C20H25N3O5/c1-6-9-28-16-8-7-14(19(25)22-13(4)20(26)27-5)10-15(16)17-21-12(3)11(2)18(24)23-17/h7-8,10,13H,6,9H2,1-5H3,(H,22,25)(H,21,23,24). The van der Waals surface area contributed by atoms with Crippen LogP contribution in [-0.4, -0.2) is 41.6 Å². The van der Waals surface area contributed by atoms with E-state index in [2.05, 4.69) is 20.0 Å². The smallest absolute Gasteiger partial charge is 0.328 e. The third kappa shape index (κ3) is 4.76. The van der Waals surface area contributed by atoms with Gasteiger partial charge in [0.2, 0.25) is 0 Å². The van der Waals surface area contributed by atoms with E-state index >= 15 is 0 Å². The highest BCUT2D eigenvalue weighted by Gasteiger charge is 2.19. The van der Waals surface area contributed by atoms with Crippen LogP contribution >= 0.6 is 0 Å². The molecule has 0 aliphatic carbocycles. The number of nitrogens with zero attached hydrogens (tertiary/aromatic N) is 1. The lowest BCUT2D eigenvalue weighted by Gasteiger charge is -2.15. The highest BCUT2D eigenvalue weighted by Crippen LogP contribution is 2.29. The van der Waals surface area contributed by atoms with E-state index < -0.39 is 17.9 Å². The second-order valence-electron chi connectivity index (χ2n) is 6.40. The summed E-state index contributed by atoms with van der Waals surface area (Å²) in [6, 6.07) is 4.03. The minimum absolute atomic E-state index is 0.252. The Balaban J connectivity index is 2.47. The minimum atomic E-state index is -0.795. The molecular weight excluding hydrogens is 362 g/mol. The zero-order chi connectivity index (χ0) is 20.8. The summed E-state index contributed by atoms with van der Waals surface area (Å²) in [6.07, 6.45) is 0.801. The first-order valence-corrected chi connectivity index (χ1v) is 9.01. The molecule has 8 nitrogen and oxygen atoms in total. The van der Waals surface area contributed by atoms with Gasteiger partial charge in [0.25, 0.3) is 11.5 Å². The van der Waals surface area contributed by atoms with Gasteiger partial charge in [0.05, 0.1) is 19.3 Å². The van der Waals surface area contributed by atoms with Gasteiger partial charge < -0.3 is 19.8 Å². The Labute approximate surface area is 163 Å². The van der Waals surface area contributed by atoms with E-state index in [1.54, 1.807) is 32.0 Å². The van der Waals surface area contributed by atoms with Crippen molar-refractivity contribution in [3.8, 4) is 17.1 Å². The van der Waals surface area contributed by atoms with Crippen molar-refractivity contribution in [1.29, 1.82) is 0 Å². The zero-order valence-corrected chi connectivity index (χ0v) is 16.7. The van der Waals surface area contributed by atoms with Crippen molar-refractivity contribution in [2.45, 2.75) is 40.2 Å². The molecule has 0 saturated heterocycles. The Morgan fingerprint density at radius 2 is 2.00 bits per heavy atom. The fraction of sp³-hybridized carbons (Fsp3) is 0.400. The molecule has 0 fully saturated rings. The van der Waals surface area contributed by atoms with Crippen molar-refractivity contribution >= 4 is 11.9 Å². The summed E-state index contributed by atoms with van der Waals surface area (Å²) in [5.74, 6) is -0.176. The predicted octanol–water partition coefficient (Wildman–Crippen LogP) is 2.13. The van der Waals surface area contributed by atoms with Crippen molar-refractivity contribution in [2.24, 2.45) is 0 Å². The maximum Gasteiger partial charge on any atom is 0.328 e. The van der Waals surface area contributed by atoms with Gasteiger partial charge in [0, 0.05) is 16.8 Å². The number of hydrogen-bond donors (Lipinski definition) is 2. The minimum Gasteiger partial charge on any atom is -0.493 e. The lowest BCUT2D eigenvalue weighted by molar-refractivity contribution is -0.142. The van der Waals surface area contributed by atoms with Crippen molar-refractivity contribution in [3.63, 3.8) is 0 Å². The molecule has 150 valence electrons. The van der Waals surface area contributed by atoms with E-state index in [1.165, 1.54) is 14.0 Å². The molecule has 1 atom stereocenters. The molecule has 1 unspecified atom stereocenters. The first-order chi connectivity index (χ1) is 13.3. The average Bonchev–Trinajstić information content (AvgIpc) is 2.69. The number of rotatable bonds is 7. The third-order valence-electron chi connectivity index (χ3n) is 4.26. The number of aromatic amines is 1. The van der Waals surface area contributed by atoms with Crippen LogP contribution in [0.3, 0.4) is 0 Å². The number of esters is 1. The van der Waals surface area contributed by atoms with Gasteiger partial charge in [-0.15, -0.1) is 0 Å². The number of carbonyl (C=O) groups is 2. The highest BCUT2D eigenvalue weighted by atomic mass is 16.5. The topological polar surface area (TPSA) is 110 Å². The second-order valence-corrected chi connectivity index (χ2v) is 6.40. The van der Waals surface area contributed by atoms with Crippen LogP contribution in [0, 0.1) is 13.8 Å². The summed E-state index contributed by atoms with van der Waals surface area (Å²) in [5.41, 5.74) is 1.66. The molecule has 2 N–H and O–H groups in total. The van der Waals surface area contributed by atoms with Crippen LogP contribution < -0.4 is 15.6 Å². The molecule has 28 heavy (non-hydrogen) atoms. The average molecular weight is 387 g/mol. The van der Waals surface area contributed by atoms with Crippen LogP contribution in [0.1, 0.15) is 41.9 Å². The second kappa shape index (κ2) is 9.16. The summed E-state index contributed by atoms with van der Waals surface area (Å²) >= 11 is 0. The van der Waals surface area contributed by atoms with Gasteiger partial charge in [0.1, 0.15) is 17.6 Å². The Bertz CT molecular complexity index is 936. The number of amides is 1. The van der Waals surface area contributed by atoms with Crippen LogP contribution in [0.5, 0.6) is 5.75 Å². The van der Waals surface area contributed by atoms with Gasteiger partial charge >= 0.3 is 5.97 Å².